The van der Waals surface area contributed by atoms with Crippen molar-refractivity contribution in [2.24, 2.45) is 5.92 Å². The molecule has 1 aliphatic carbocycles. The van der Waals surface area contributed by atoms with Gasteiger partial charge in [-0.05, 0) is 43.9 Å². The van der Waals surface area contributed by atoms with Crippen molar-refractivity contribution in [2.75, 3.05) is 18.9 Å². The summed E-state index contributed by atoms with van der Waals surface area (Å²) in [6, 6.07) is 4.72. The van der Waals surface area contributed by atoms with Crippen LogP contribution in [0.1, 0.15) is 32.6 Å². The molecule has 0 saturated heterocycles. The van der Waals surface area contributed by atoms with Gasteiger partial charge in [0.2, 0.25) is 0 Å². The second-order valence-electron chi connectivity index (χ2n) is 6.22. The van der Waals surface area contributed by atoms with Crippen LogP contribution >= 0.6 is 11.6 Å². The SMILES string of the molecule is CC(CN(C)C(=O)Nc1ccc(OC2CCCC2)c(Cl)c1)C(=O)O. The molecule has 1 unspecified atom stereocenters. The first-order valence-corrected chi connectivity index (χ1v) is 8.45. The fraction of sp³-hybridized carbons (Fsp3) is 0.529. The number of aliphatic carboxylic acids is 1. The van der Waals surface area contributed by atoms with Crippen LogP contribution in [0.2, 0.25) is 5.02 Å². The molecular formula is C17H23ClN2O4. The number of hydrogen-bond donors (Lipinski definition) is 2. The number of amides is 2. The van der Waals surface area contributed by atoms with Gasteiger partial charge in [0.05, 0.1) is 17.0 Å². The zero-order chi connectivity index (χ0) is 17.7. The van der Waals surface area contributed by atoms with Crippen LogP contribution in [0.25, 0.3) is 0 Å². The van der Waals surface area contributed by atoms with Crippen LogP contribution in [-0.2, 0) is 4.79 Å². The zero-order valence-corrected chi connectivity index (χ0v) is 14.7. The van der Waals surface area contributed by atoms with Gasteiger partial charge in [0.25, 0.3) is 0 Å². The van der Waals surface area contributed by atoms with E-state index in [0.29, 0.717) is 16.5 Å². The molecule has 1 saturated carbocycles. The molecule has 0 spiro atoms. The van der Waals surface area contributed by atoms with Gasteiger partial charge in [-0.2, -0.15) is 0 Å². The Hall–Kier alpha value is -1.95. The molecule has 1 aliphatic rings. The molecule has 0 heterocycles. The van der Waals surface area contributed by atoms with E-state index in [1.807, 2.05) is 0 Å². The van der Waals surface area contributed by atoms with Crippen LogP contribution in [0.3, 0.4) is 0 Å². The first-order valence-electron chi connectivity index (χ1n) is 8.08. The van der Waals surface area contributed by atoms with Gasteiger partial charge in [0, 0.05) is 19.3 Å². The molecule has 7 heteroatoms. The van der Waals surface area contributed by atoms with Crippen LogP contribution in [-0.4, -0.2) is 41.7 Å². The molecule has 0 aromatic heterocycles. The Kier molecular flexibility index (Phi) is 6.31. The number of nitrogens with zero attached hydrogens (tertiary/aromatic N) is 1. The van der Waals surface area contributed by atoms with E-state index in [-0.39, 0.29) is 18.7 Å². The molecule has 2 N–H and O–H groups in total. The predicted octanol–water partition coefficient (Wildman–Crippen LogP) is 3.85. The minimum absolute atomic E-state index is 0.123. The molecule has 1 fully saturated rings. The van der Waals surface area contributed by atoms with Crippen molar-refractivity contribution in [3.8, 4) is 5.75 Å². The standard InChI is InChI=1S/C17H23ClN2O4/c1-11(16(21)22)10-20(2)17(23)19-12-7-8-15(14(18)9-12)24-13-5-3-4-6-13/h7-9,11,13H,3-6,10H2,1-2H3,(H,19,23)(H,21,22). The number of hydrogen-bond acceptors (Lipinski definition) is 3. The van der Waals surface area contributed by atoms with Gasteiger partial charge >= 0.3 is 12.0 Å². The van der Waals surface area contributed by atoms with Gasteiger partial charge in [-0.1, -0.05) is 18.5 Å². The maximum atomic E-state index is 12.1. The third-order valence-electron chi connectivity index (χ3n) is 4.09. The average molecular weight is 355 g/mol. The Balaban J connectivity index is 1.93. The topological polar surface area (TPSA) is 78.9 Å². The van der Waals surface area contributed by atoms with Crippen molar-refractivity contribution in [3.05, 3.63) is 23.2 Å². The van der Waals surface area contributed by atoms with E-state index in [0.717, 1.165) is 12.8 Å². The highest BCUT2D eigenvalue weighted by Gasteiger charge is 2.19. The van der Waals surface area contributed by atoms with E-state index in [4.69, 9.17) is 21.4 Å². The van der Waals surface area contributed by atoms with Crippen LogP contribution in [0.4, 0.5) is 10.5 Å². The number of anilines is 1. The molecule has 0 bridgehead atoms. The number of carboxylic acids is 1. The summed E-state index contributed by atoms with van der Waals surface area (Å²) in [7, 11) is 1.55. The largest absolute Gasteiger partial charge is 0.489 e. The van der Waals surface area contributed by atoms with Crippen LogP contribution < -0.4 is 10.1 Å². The number of carboxylic acid groups (broad SMARTS) is 1. The number of carbonyl (C=O) groups excluding carboxylic acids is 1. The van der Waals surface area contributed by atoms with E-state index < -0.39 is 11.9 Å². The van der Waals surface area contributed by atoms with Gasteiger partial charge < -0.3 is 20.1 Å². The Bertz CT molecular complexity index is 602. The van der Waals surface area contributed by atoms with Crippen molar-refractivity contribution >= 4 is 29.3 Å². The summed E-state index contributed by atoms with van der Waals surface area (Å²) >= 11 is 6.23. The van der Waals surface area contributed by atoms with Crippen molar-refractivity contribution < 1.29 is 19.4 Å². The fourth-order valence-electron chi connectivity index (χ4n) is 2.65. The number of benzene rings is 1. The lowest BCUT2D eigenvalue weighted by Gasteiger charge is -2.20. The van der Waals surface area contributed by atoms with Crippen LogP contribution in [0, 0.1) is 5.92 Å². The van der Waals surface area contributed by atoms with E-state index in [2.05, 4.69) is 5.32 Å². The van der Waals surface area contributed by atoms with E-state index in [9.17, 15) is 9.59 Å². The number of rotatable bonds is 6. The van der Waals surface area contributed by atoms with Gasteiger partial charge in [-0.15, -0.1) is 0 Å². The second kappa shape index (κ2) is 8.24. The summed E-state index contributed by atoms with van der Waals surface area (Å²) in [5, 5.41) is 12.0. The molecular weight excluding hydrogens is 332 g/mol. The molecule has 6 nitrogen and oxygen atoms in total. The minimum atomic E-state index is -0.939. The van der Waals surface area contributed by atoms with E-state index >= 15 is 0 Å². The number of urea groups is 1. The van der Waals surface area contributed by atoms with Crippen molar-refractivity contribution in [2.45, 2.75) is 38.7 Å². The first kappa shape index (κ1) is 18.4. The molecule has 1 aromatic carbocycles. The highest BCUT2D eigenvalue weighted by molar-refractivity contribution is 6.32. The Morgan fingerprint density at radius 1 is 1.42 bits per heavy atom. The summed E-state index contributed by atoms with van der Waals surface area (Å²) in [5.41, 5.74) is 0.540. The van der Waals surface area contributed by atoms with Gasteiger partial charge in [-0.3, -0.25) is 4.79 Å². The van der Waals surface area contributed by atoms with Crippen molar-refractivity contribution in [1.82, 2.24) is 4.90 Å². The lowest BCUT2D eigenvalue weighted by atomic mass is 10.2. The molecule has 0 radical (unpaired) electrons. The normalized spacial score (nSPS) is 15.8. The highest BCUT2D eigenvalue weighted by Crippen LogP contribution is 2.31. The lowest BCUT2D eigenvalue weighted by Crippen LogP contribution is -2.36. The predicted molar refractivity (Wildman–Crippen MR) is 92.8 cm³/mol. The molecule has 2 rings (SSSR count). The number of halogens is 1. The number of nitrogens with one attached hydrogen (secondary N) is 1. The molecule has 1 aromatic rings. The smallest absolute Gasteiger partial charge is 0.321 e. The molecule has 0 aliphatic heterocycles. The maximum Gasteiger partial charge on any atom is 0.321 e. The lowest BCUT2D eigenvalue weighted by molar-refractivity contribution is -0.141. The summed E-state index contributed by atoms with van der Waals surface area (Å²) in [6.07, 6.45) is 4.66. The zero-order valence-electron chi connectivity index (χ0n) is 13.9. The summed E-state index contributed by atoms with van der Waals surface area (Å²) in [4.78, 5) is 24.3. The van der Waals surface area contributed by atoms with Crippen molar-refractivity contribution in [1.29, 1.82) is 0 Å². The fourth-order valence-corrected chi connectivity index (χ4v) is 2.88. The van der Waals surface area contributed by atoms with E-state index in [1.54, 1.807) is 32.2 Å². The third-order valence-corrected chi connectivity index (χ3v) is 4.39. The summed E-state index contributed by atoms with van der Waals surface area (Å²) in [6.45, 7) is 1.68. The molecule has 132 valence electrons. The summed E-state index contributed by atoms with van der Waals surface area (Å²) in [5.74, 6) is -0.952. The highest BCUT2D eigenvalue weighted by atomic mass is 35.5. The first-order chi connectivity index (χ1) is 11.4. The minimum Gasteiger partial charge on any atom is -0.489 e. The van der Waals surface area contributed by atoms with Crippen LogP contribution in [0.5, 0.6) is 5.75 Å². The quantitative estimate of drug-likeness (QED) is 0.813. The number of ether oxygens (including phenoxy) is 1. The second-order valence-corrected chi connectivity index (χ2v) is 6.63. The van der Waals surface area contributed by atoms with Gasteiger partial charge in [0.1, 0.15) is 5.75 Å². The molecule has 24 heavy (non-hydrogen) atoms. The number of carbonyl (C=O) groups is 2. The van der Waals surface area contributed by atoms with Gasteiger partial charge in [-0.25, -0.2) is 4.79 Å². The summed E-state index contributed by atoms with van der Waals surface area (Å²) < 4.78 is 5.87. The van der Waals surface area contributed by atoms with Crippen molar-refractivity contribution in [3.63, 3.8) is 0 Å². The Morgan fingerprint density at radius 2 is 2.08 bits per heavy atom. The maximum absolute atomic E-state index is 12.1. The van der Waals surface area contributed by atoms with Crippen LogP contribution in [0.15, 0.2) is 18.2 Å². The van der Waals surface area contributed by atoms with Gasteiger partial charge in [0.15, 0.2) is 0 Å². The molecule has 1 atom stereocenters. The average Bonchev–Trinajstić information content (AvgIpc) is 3.02. The van der Waals surface area contributed by atoms with E-state index in [1.165, 1.54) is 17.7 Å². The third kappa shape index (κ3) is 5.03. The Labute approximate surface area is 146 Å². The monoisotopic (exact) mass is 354 g/mol. The molecule has 2 amide bonds. The Morgan fingerprint density at radius 3 is 2.67 bits per heavy atom.